The van der Waals surface area contributed by atoms with Crippen LogP contribution in [0.25, 0.3) is 0 Å². The molecule has 2 N–H and O–H groups in total. The van der Waals surface area contributed by atoms with Gasteiger partial charge in [0.25, 0.3) is 5.91 Å². The number of aryl methyl sites for hydroxylation is 1. The van der Waals surface area contributed by atoms with Gasteiger partial charge in [-0.25, -0.2) is 0 Å². The second kappa shape index (κ2) is 10.3. The fourth-order valence-corrected chi connectivity index (χ4v) is 6.95. The van der Waals surface area contributed by atoms with Crippen LogP contribution in [0.1, 0.15) is 50.4 Å². The van der Waals surface area contributed by atoms with E-state index in [2.05, 4.69) is 10.3 Å². The molecule has 1 aromatic heterocycles. The van der Waals surface area contributed by atoms with E-state index >= 15 is 0 Å². The zero-order chi connectivity index (χ0) is 28.9. The highest BCUT2D eigenvalue weighted by Gasteiger charge is 2.65. The minimum Gasteiger partial charge on any atom is -0.396 e. The van der Waals surface area contributed by atoms with Gasteiger partial charge >= 0.3 is 0 Å². The molecule has 10 heteroatoms. The third-order valence-electron chi connectivity index (χ3n) is 8.91. The van der Waals surface area contributed by atoms with Crippen LogP contribution in [0.4, 0.5) is 11.4 Å². The summed E-state index contributed by atoms with van der Waals surface area (Å²) in [6.07, 6.45) is 2.81. The maximum atomic E-state index is 14.6. The molecule has 3 aromatic rings. The summed E-state index contributed by atoms with van der Waals surface area (Å²) in [5.74, 6) is -0.808. The first-order chi connectivity index (χ1) is 19.6. The van der Waals surface area contributed by atoms with Crippen molar-refractivity contribution in [2.45, 2.75) is 70.4 Å². The van der Waals surface area contributed by atoms with Crippen molar-refractivity contribution in [1.82, 2.24) is 15.0 Å². The number of carbonyl (C=O) groups is 2. The zero-order valence-electron chi connectivity index (χ0n) is 23.7. The van der Waals surface area contributed by atoms with Gasteiger partial charge in [-0.05, 0) is 44.0 Å². The van der Waals surface area contributed by atoms with Crippen LogP contribution in [-0.4, -0.2) is 61.9 Å². The largest absolute Gasteiger partial charge is 0.396 e. The number of hydrogen-bond donors (Lipinski definition) is 2. The smallest absolute Gasteiger partial charge is 0.264 e. The Labute approximate surface area is 239 Å². The first-order valence-corrected chi connectivity index (χ1v) is 14.3. The zero-order valence-corrected chi connectivity index (χ0v) is 23.7. The van der Waals surface area contributed by atoms with Crippen LogP contribution in [0, 0.1) is 11.8 Å². The van der Waals surface area contributed by atoms with E-state index < -0.39 is 17.3 Å². The molecule has 41 heavy (non-hydrogen) atoms. The molecular formula is C31H37N5O5. The predicted molar refractivity (Wildman–Crippen MR) is 152 cm³/mol. The number of aliphatic hydroxyl groups is 2. The number of benzene rings is 2. The summed E-state index contributed by atoms with van der Waals surface area (Å²) >= 11 is 0. The number of hydrogen-bond acceptors (Lipinski definition) is 7. The van der Waals surface area contributed by atoms with Gasteiger partial charge in [0.1, 0.15) is 0 Å². The number of aromatic nitrogens is 3. The summed E-state index contributed by atoms with van der Waals surface area (Å²) in [4.78, 5) is 30.4. The summed E-state index contributed by atoms with van der Waals surface area (Å²) in [7, 11) is 0. The van der Waals surface area contributed by atoms with Crippen molar-refractivity contribution in [2.75, 3.05) is 23.0 Å². The molecular weight excluding hydrogens is 522 g/mol. The second-order valence-electron chi connectivity index (χ2n) is 12.0. The summed E-state index contributed by atoms with van der Waals surface area (Å²) in [5, 5.41) is 28.9. The molecule has 4 heterocycles. The van der Waals surface area contributed by atoms with Crippen molar-refractivity contribution in [3.8, 4) is 0 Å². The van der Waals surface area contributed by atoms with Crippen LogP contribution in [-0.2, 0) is 39.4 Å². The number of fused-ring (bicyclic) bond motifs is 2. The molecule has 10 nitrogen and oxygen atoms in total. The van der Waals surface area contributed by atoms with Crippen molar-refractivity contribution >= 4 is 23.2 Å². The molecule has 1 spiro atoms. The Morgan fingerprint density at radius 2 is 1.93 bits per heavy atom. The van der Waals surface area contributed by atoms with Gasteiger partial charge in [0.05, 0.1) is 29.6 Å². The van der Waals surface area contributed by atoms with Crippen molar-refractivity contribution in [3.05, 3.63) is 71.5 Å². The maximum absolute atomic E-state index is 14.6. The standard InChI is InChI=1S/C31H37N5O5/c1-20-28(30(2,3)40)26(11-14-34-19-22(13-16-37)32-33-34)41-31(20)24-17-23(35-15-12-27(35)38)9-10-25(24)36(29(31)39)18-21-7-5-4-6-8-21/h4-10,17,19-20,26,28,37,40H,11-16,18H2,1-3H3/t20-,26+,28-,31+/m0/s1. The maximum Gasteiger partial charge on any atom is 0.264 e. The molecule has 3 aliphatic rings. The Morgan fingerprint density at radius 3 is 2.59 bits per heavy atom. The van der Waals surface area contributed by atoms with Gasteiger partial charge in [0.2, 0.25) is 5.91 Å². The summed E-state index contributed by atoms with van der Waals surface area (Å²) in [6.45, 7) is 7.05. The molecule has 2 saturated heterocycles. The lowest BCUT2D eigenvalue weighted by atomic mass is 9.70. The van der Waals surface area contributed by atoms with Crippen molar-refractivity contribution in [1.29, 1.82) is 0 Å². The average Bonchev–Trinajstić information content (AvgIpc) is 3.57. The molecule has 2 fully saturated rings. The summed E-state index contributed by atoms with van der Waals surface area (Å²) < 4.78 is 8.61. The lowest BCUT2D eigenvalue weighted by Crippen LogP contribution is -2.46. The minimum absolute atomic E-state index is 0.00272. The number of amides is 2. The SMILES string of the molecule is C[C@H]1[C@H](C(C)(C)O)[C@@H](CCn2cc(CCO)nn2)O[C@]12C(=O)N(Cc1ccccc1)c1ccc(N3CCC3=O)cc12. The van der Waals surface area contributed by atoms with Gasteiger partial charge in [-0.3, -0.25) is 14.3 Å². The summed E-state index contributed by atoms with van der Waals surface area (Å²) in [6, 6.07) is 15.6. The van der Waals surface area contributed by atoms with Gasteiger partial charge < -0.3 is 24.7 Å². The molecule has 4 atom stereocenters. The van der Waals surface area contributed by atoms with Crippen molar-refractivity contribution < 1.29 is 24.5 Å². The highest BCUT2D eigenvalue weighted by atomic mass is 16.5. The van der Waals surface area contributed by atoms with Crippen LogP contribution in [0.3, 0.4) is 0 Å². The molecule has 6 rings (SSSR count). The van der Waals surface area contributed by atoms with E-state index in [1.165, 1.54) is 0 Å². The second-order valence-corrected chi connectivity index (χ2v) is 12.0. The highest BCUT2D eigenvalue weighted by molar-refractivity contribution is 6.08. The highest BCUT2D eigenvalue weighted by Crippen LogP contribution is 2.58. The first kappa shape index (κ1) is 27.6. The quantitative estimate of drug-likeness (QED) is 0.387. The Hall–Kier alpha value is -3.60. The number of anilines is 2. The van der Waals surface area contributed by atoms with Gasteiger partial charge in [0.15, 0.2) is 5.60 Å². The van der Waals surface area contributed by atoms with Crippen LogP contribution < -0.4 is 9.80 Å². The minimum atomic E-state index is -1.31. The molecule has 2 amide bonds. The van der Waals surface area contributed by atoms with E-state index in [4.69, 9.17) is 4.74 Å². The van der Waals surface area contributed by atoms with Gasteiger partial charge in [-0.15, -0.1) is 5.10 Å². The van der Waals surface area contributed by atoms with Crippen LogP contribution in [0.15, 0.2) is 54.7 Å². The Balaban J connectivity index is 1.39. The fraction of sp³-hybridized carbons (Fsp3) is 0.484. The van der Waals surface area contributed by atoms with Gasteiger partial charge in [-0.1, -0.05) is 42.5 Å². The molecule has 0 unspecified atom stereocenters. The number of carbonyl (C=O) groups excluding carboxylic acids is 2. The van der Waals surface area contributed by atoms with E-state index in [9.17, 15) is 19.8 Å². The number of β-lactam (4-membered cyclic amide) rings is 1. The molecule has 3 aliphatic heterocycles. The first-order valence-electron chi connectivity index (χ1n) is 14.3. The average molecular weight is 560 g/mol. The van der Waals surface area contributed by atoms with E-state index in [1.807, 2.05) is 55.5 Å². The topological polar surface area (TPSA) is 121 Å². The number of aliphatic hydroxyl groups excluding tert-OH is 1. The molecule has 216 valence electrons. The Kier molecular flexibility index (Phi) is 6.96. The van der Waals surface area contributed by atoms with Crippen molar-refractivity contribution in [2.24, 2.45) is 11.8 Å². The predicted octanol–water partition coefficient (Wildman–Crippen LogP) is 2.80. The monoisotopic (exact) mass is 559 g/mol. The number of nitrogens with zero attached hydrogens (tertiary/aromatic N) is 5. The Morgan fingerprint density at radius 1 is 1.15 bits per heavy atom. The third kappa shape index (κ3) is 4.64. The van der Waals surface area contributed by atoms with E-state index in [0.29, 0.717) is 44.6 Å². The van der Waals surface area contributed by atoms with Crippen LogP contribution >= 0.6 is 0 Å². The van der Waals surface area contributed by atoms with E-state index in [1.54, 1.807) is 34.5 Å². The molecule has 0 bridgehead atoms. The normalized spacial score (nSPS) is 25.7. The Bertz CT molecular complexity index is 1450. The van der Waals surface area contributed by atoms with Gasteiger partial charge in [-0.2, -0.15) is 0 Å². The fourth-order valence-electron chi connectivity index (χ4n) is 6.95. The number of ether oxygens (including phenoxy) is 1. The molecule has 0 saturated carbocycles. The third-order valence-corrected chi connectivity index (χ3v) is 8.91. The molecule has 2 aromatic carbocycles. The molecule has 0 radical (unpaired) electrons. The molecule has 0 aliphatic carbocycles. The van der Waals surface area contributed by atoms with Crippen LogP contribution in [0.2, 0.25) is 0 Å². The lowest BCUT2D eigenvalue weighted by Gasteiger charge is -2.34. The van der Waals surface area contributed by atoms with Crippen molar-refractivity contribution in [3.63, 3.8) is 0 Å². The lowest BCUT2D eigenvalue weighted by molar-refractivity contribution is -0.146. The van der Waals surface area contributed by atoms with Crippen LogP contribution in [0.5, 0.6) is 0 Å². The van der Waals surface area contributed by atoms with Gasteiger partial charge in [0, 0.05) is 61.8 Å². The summed E-state index contributed by atoms with van der Waals surface area (Å²) in [5.41, 5.74) is 1.52. The van der Waals surface area contributed by atoms with E-state index in [0.717, 1.165) is 22.5 Å². The number of rotatable bonds is 9. The van der Waals surface area contributed by atoms with E-state index in [-0.39, 0.29) is 30.3 Å².